The molecule has 3 aromatic carbocycles. The van der Waals surface area contributed by atoms with Crippen LogP contribution in [0.4, 0.5) is 5.69 Å². The number of benzene rings is 3. The Bertz CT molecular complexity index is 1150. The van der Waals surface area contributed by atoms with Crippen LogP contribution in [0.2, 0.25) is 5.02 Å². The fourth-order valence-electron chi connectivity index (χ4n) is 2.92. The average molecular weight is 407 g/mol. The van der Waals surface area contributed by atoms with Crippen LogP contribution in [-0.2, 0) is 11.2 Å². The molecule has 5 nitrogen and oxygen atoms in total. The van der Waals surface area contributed by atoms with Gasteiger partial charge in [-0.3, -0.25) is 4.79 Å². The molecule has 0 radical (unpaired) electrons. The summed E-state index contributed by atoms with van der Waals surface area (Å²) in [4.78, 5) is 16.7. The lowest BCUT2D eigenvalue weighted by Gasteiger charge is -2.08. The summed E-state index contributed by atoms with van der Waals surface area (Å²) in [6, 6.07) is 20.3. The Hall–Kier alpha value is -3.31. The molecule has 0 saturated carbocycles. The number of oxazole rings is 1. The topological polar surface area (TPSA) is 64.4 Å². The number of anilines is 1. The SMILES string of the molecule is CCc1ccc(OCC(=O)Nc2ccc3oc(-c4ccccc4Cl)nc3c2)cc1. The van der Waals surface area contributed by atoms with Gasteiger partial charge in [-0.15, -0.1) is 0 Å². The summed E-state index contributed by atoms with van der Waals surface area (Å²) in [5, 5.41) is 3.38. The highest BCUT2D eigenvalue weighted by Gasteiger charge is 2.12. The van der Waals surface area contributed by atoms with Crippen LogP contribution in [0.1, 0.15) is 12.5 Å². The van der Waals surface area contributed by atoms with Crippen molar-refractivity contribution in [1.29, 1.82) is 0 Å². The van der Waals surface area contributed by atoms with Gasteiger partial charge < -0.3 is 14.5 Å². The molecule has 0 spiro atoms. The third-order valence-electron chi connectivity index (χ3n) is 4.48. The number of nitrogens with zero attached hydrogens (tertiary/aromatic N) is 1. The first-order valence-corrected chi connectivity index (χ1v) is 9.67. The zero-order valence-corrected chi connectivity index (χ0v) is 16.6. The van der Waals surface area contributed by atoms with E-state index in [1.165, 1.54) is 5.56 Å². The highest BCUT2D eigenvalue weighted by molar-refractivity contribution is 6.33. The summed E-state index contributed by atoms with van der Waals surface area (Å²) in [5.74, 6) is 0.848. The largest absolute Gasteiger partial charge is 0.484 e. The number of carbonyl (C=O) groups is 1. The maximum Gasteiger partial charge on any atom is 0.262 e. The van der Waals surface area contributed by atoms with Gasteiger partial charge in [0, 0.05) is 5.69 Å². The second-order valence-electron chi connectivity index (χ2n) is 6.52. The minimum atomic E-state index is -0.251. The van der Waals surface area contributed by atoms with E-state index < -0.39 is 0 Å². The molecule has 4 aromatic rings. The summed E-state index contributed by atoms with van der Waals surface area (Å²) < 4.78 is 11.3. The van der Waals surface area contributed by atoms with Gasteiger partial charge in [-0.1, -0.05) is 42.8 Å². The van der Waals surface area contributed by atoms with E-state index in [2.05, 4.69) is 17.2 Å². The number of aryl methyl sites for hydroxylation is 1. The number of fused-ring (bicyclic) bond motifs is 1. The van der Waals surface area contributed by atoms with Crippen molar-refractivity contribution in [2.24, 2.45) is 0 Å². The third kappa shape index (κ3) is 4.41. The van der Waals surface area contributed by atoms with Gasteiger partial charge in [-0.05, 0) is 54.4 Å². The van der Waals surface area contributed by atoms with E-state index in [4.69, 9.17) is 20.8 Å². The number of ether oxygens (including phenoxy) is 1. The summed E-state index contributed by atoms with van der Waals surface area (Å²) in [6.07, 6.45) is 0.962. The zero-order valence-electron chi connectivity index (χ0n) is 15.8. The van der Waals surface area contributed by atoms with Gasteiger partial charge >= 0.3 is 0 Å². The first-order chi connectivity index (χ1) is 14.1. The predicted octanol–water partition coefficient (Wildman–Crippen LogP) is 5.73. The Balaban J connectivity index is 1.43. The second-order valence-corrected chi connectivity index (χ2v) is 6.92. The van der Waals surface area contributed by atoms with Crippen LogP contribution in [0.3, 0.4) is 0 Å². The number of amides is 1. The Kier molecular flexibility index (Phi) is 5.49. The van der Waals surface area contributed by atoms with Crippen LogP contribution in [0, 0.1) is 0 Å². The standard InChI is InChI=1S/C23H19ClN2O3/c1-2-15-7-10-17(11-8-15)28-14-22(27)25-16-9-12-21-20(13-16)26-23(29-21)18-5-3-4-6-19(18)24/h3-13H,2,14H2,1H3,(H,25,27). The number of carbonyl (C=O) groups excluding carboxylic acids is 1. The molecule has 0 aliphatic heterocycles. The predicted molar refractivity (Wildman–Crippen MR) is 114 cm³/mol. The molecule has 6 heteroatoms. The lowest BCUT2D eigenvalue weighted by molar-refractivity contribution is -0.118. The van der Waals surface area contributed by atoms with Gasteiger partial charge in [0.15, 0.2) is 12.2 Å². The lowest BCUT2D eigenvalue weighted by Crippen LogP contribution is -2.20. The van der Waals surface area contributed by atoms with Crippen LogP contribution in [0.5, 0.6) is 5.75 Å². The van der Waals surface area contributed by atoms with E-state index in [9.17, 15) is 4.79 Å². The maximum atomic E-state index is 12.2. The van der Waals surface area contributed by atoms with E-state index in [0.717, 1.165) is 12.0 Å². The Morgan fingerprint density at radius 2 is 1.90 bits per heavy atom. The number of aromatic nitrogens is 1. The fourth-order valence-corrected chi connectivity index (χ4v) is 3.14. The number of hydrogen-bond donors (Lipinski definition) is 1. The molecule has 0 aliphatic rings. The molecule has 146 valence electrons. The van der Waals surface area contributed by atoms with E-state index in [1.54, 1.807) is 24.3 Å². The lowest BCUT2D eigenvalue weighted by atomic mass is 10.2. The molecule has 0 atom stereocenters. The quantitative estimate of drug-likeness (QED) is 0.444. The minimum Gasteiger partial charge on any atom is -0.484 e. The molecule has 0 fully saturated rings. The molecule has 1 aromatic heterocycles. The number of rotatable bonds is 6. The van der Waals surface area contributed by atoms with Crippen LogP contribution in [0.15, 0.2) is 71.1 Å². The maximum absolute atomic E-state index is 12.2. The van der Waals surface area contributed by atoms with Gasteiger partial charge in [0.05, 0.1) is 10.6 Å². The number of nitrogens with one attached hydrogen (secondary N) is 1. The molecule has 4 rings (SSSR count). The molecule has 1 heterocycles. The third-order valence-corrected chi connectivity index (χ3v) is 4.81. The van der Waals surface area contributed by atoms with Crippen LogP contribution >= 0.6 is 11.6 Å². The molecule has 29 heavy (non-hydrogen) atoms. The Morgan fingerprint density at radius 1 is 1.10 bits per heavy atom. The first kappa shape index (κ1) is 19.0. The van der Waals surface area contributed by atoms with Crippen molar-refractivity contribution in [2.75, 3.05) is 11.9 Å². The van der Waals surface area contributed by atoms with E-state index >= 15 is 0 Å². The van der Waals surface area contributed by atoms with E-state index in [0.29, 0.717) is 33.4 Å². The van der Waals surface area contributed by atoms with Crippen molar-refractivity contribution in [3.63, 3.8) is 0 Å². The van der Waals surface area contributed by atoms with Gasteiger partial charge in [-0.25, -0.2) is 4.98 Å². The van der Waals surface area contributed by atoms with E-state index in [-0.39, 0.29) is 12.5 Å². The second kappa shape index (κ2) is 8.37. The van der Waals surface area contributed by atoms with Crippen molar-refractivity contribution < 1.29 is 13.9 Å². The van der Waals surface area contributed by atoms with Crippen molar-refractivity contribution in [3.05, 3.63) is 77.3 Å². The molecular weight excluding hydrogens is 388 g/mol. The highest BCUT2D eigenvalue weighted by Crippen LogP contribution is 2.30. The molecule has 0 aliphatic carbocycles. The summed E-state index contributed by atoms with van der Waals surface area (Å²) in [5.41, 5.74) is 3.81. The van der Waals surface area contributed by atoms with Crippen LogP contribution < -0.4 is 10.1 Å². The molecule has 1 amide bonds. The van der Waals surface area contributed by atoms with Crippen molar-refractivity contribution >= 4 is 34.3 Å². The average Bonchev–Trinajstić information content (AvgIpc) is 3.16. The molecule has 0 saturated heterocycles. The number of hydrogen-bond acceptors (Lipinski definition) is 4. The summed E-state index contributed by atoms with van der Waals surface area (Å²) in [6.45, 7) is 2.01. The number of halogens is 1. The van der Waals surface area contributed by atoms with Crippen LogP contribution in [-0.4, -0.2) is 17.5 Å². The molecular formula is C23H19ClN2O3. The van der Waals surface area contributed by atoms with Gasteiger partial charge in [-0.2, -0.15) is 0 Å². The Morgan fingerprint density at radius 3 is 2.66 bits per heavy atom. The molecule has 0 unspecified atom stereocenters. The Labute approximate surface area is 173 Å². The first-order valence-electron chi connectivity index (χ1n) is 9.29. The summed E-state index contributed by atoms with van der Waals surface area (Å²) in [7, 11) is 0. The van der Waals surface area contributed by atoms with Crippen molar-refractivity contribution in [3.8, 4) is 17.2 Å². The van der Waals surface area contributed by atoms with Crippen molar-refractivity contribution in [1.82, 2.24) is 4.98 Å². The van der Waals surface area contributed by atoms with Crippen LogP contribution in [0.25, 0.3) is 22.6 Å². The van der Waals surface area contributed by atoms with E-state index in [1.807, 2.05) is 42.5 Å². The smallest absolute Gasteiger partial charge is 0.262 e. The van der Waals surface area contributed by atoms with Gasteiger partial charge in [0.1, 0.15) is 11.3 Å². The summed E-state index contributed by atoms with van der Waals surface area (Å²) >= 11 is 6.22. The molecule has 0 bridgehead atoms. The monoisotopic (exact) mass is 406 g/mol. The van der Waals surface area contributed by atoms with Gasteiger partial charge in [0.2, 0.25) is 5.89 Å². The fraction of sp³-hybridized carbons (Fsp3) is 0.130. The van der Waals surface area contributed by atoms with Crippen molar-refractivity contribution in [2.45, 2.75) is 13.3 Å². The zero-order chi connectivity index (χ0) is 20.2. The van der Waals surface area contributed by atoms with Gasteiger partial charge in [0.25, 0.3) is 5.91 Å². The minimum absolute atomic E-state index is 0.0762. The molecule has 1 N–H and O–H groups in total. The normalized spacial score (nSPS) is 10.8. The highest BCUT2D eigenvalue weighted by atomic mass is 35.5.